The van der Waals surface area contributed by atoms with Gasteiger partial charge in [0.05, 0.1) is 17.0 Å². The Bertz CT molecular complexity index is 966. The first-order chi connectivity index (χ1) is 11.3. The van der Waals surface area contributed by atoms with Crippen molar-refractivity contribution in [3.05, 3.63) is 61.4 Å². The molecule has 0 N–H and O–H groups in total. The molecule has 0 aliphatic carbocycles. The van der Waals surface area contributed by atoms with Gasteiger partial charge in [-0.15, -0.1) is 0 Å². The number of methoxy groups -OCH3 is 1. The minimum Gasteiger partial charge on any atom is -0.496 e. The van der Waals surface area contributed by atoms with E-state index in [2.05, 4.69) is 15.9 Å². The molecule has 0 atom stereocenters. The van der Waals surface area contributed by atoms with E-state index < -0.39 is 14.7 Å². The van der Waals surface area contributed by atoms with E-state index in [0.717, 1.165) is 0 Å². The summed E-state index contributed by atoms with van der Waals surface area (Å²) < 4.78 is 31.4. The van der Waals surface area contributed by atoms with Crippen molar-refractivity contribution in [2.45, 2.75) is 4.90 Å². The van der Waals surface area contributed by atoms with Crippen molar-refractivity contribution in [3.63, 3.8) is 0 Å². The first-order valence-corrected chi connectivity index (χ1v) is 9.48. The fourth-order valence-electron chi connectivity index (χ4n) is 1.93. The fourth-order valence-corrected chi connectivity index (χ4v) is 4.21. The van der Waals surface area contributed by atoms with Gasteiger partial charge in [0, 0.05) is 15.1 Å². The summed E-state index contributed by atoms with van der Waals surface area (Å²) in [5.41, 5.74) is 0.435. The van der Waals surface area contributed by atoms with Crippen molar-refractivity contribution in [1.82, 2.24) is 0 Å². The number of nitriles is 1. The van der Waals surface area contributed by atoms with Crippen molar-refractivity contribution < 1.29 is 13.2 Å². The number of halogens is 3. The van der Waals surface area contributed by atoms with Gasteiger partial charge in [0.1, 0.15) is 16.7 Å². The number of ether oxygens (including phenoxy) is 1. The van der Waals surface area contributed by atoms with Crippen molar-refractivity contribution in [3.8, 4) is 11.8 Å². The maximum atomic E-state index is 12.7. The predicted octanol–water partition coefficient (Wildman–Crippen LogP) is 5.10. The Labute approximate surface area is 158 Å². The van der Waals surface area contributed by atoms with Crippen LogP contribution in [0.15, 0.2) is 50.7 Å². The van der Waals surface area contributed by atoms with Crippen LogP contribution in [0, 0.1) is 11.3 Å². The van der Waals surface area contributed by atoms with Gasteiger partial charge in [-0.2, -0.15) is 5.26 Å². The van der Waals surface area contributed by atoms with Gasteiger partial charge in [0.2, 0.25) is 9.84 Å². The summed E-state index contributed by atoms with van der Waals surface area (Å²) in [7, 11) is -2.67. The highest BCUT2D eigenvalue weighted by Crippen LogP contribution is 2.32. The Morgan fingerprint density at radius 3 is 2.58 bits per heavy atom. The molecule has 2 rings (SSSR count). The molecule has 124 valence electrons. The molecule has 0 aliphatic rings. The second-order valence-electron chi connectivity index (χ2n) is 4.58. The number of allylic oxidation sites excluding steroid dienone is 1. The van der Waals surface area contributed by atoms with Gasteiger partial charge in [-0.1, -0.05) is 39.1 Å². The van der Waals surface area contributed by atoms with Crippen molar-refractivity contribution >= 4 is 55.0 Å². The summed E-state index contributed by atoms with van der Waals surface area (Å²) in [6, 6.07) is 10.8. The van der Waals surface area contributed by atoms with Crippen LogP contribution in [0.3, 0.4) is 0 Å². The van der Waals surface area contributed by atoms with Crippen LogP contribution >= 0.6 is 39.1 Å². The largest absolute Gasteiger partial charge is 0.496 e. The topological polar surface area (TPSA) is 67.2 Å². The standard InChI is InChI=1S/C16H10BrCl2NO3S/c1-23-15-5-2-11(17)6-10(15)7-13(9-20)24(21,22)16-8-12(18)3-4-14(16)19/h2-8H,1H3/b13-7+. The molecule has 0 amide bonds. The lowest BCUT2D eigenvalue weighted by Gasteiger charge is -2.08. The molecule has 0 aromatic heterocycles. The molecule has 24 heavy (non-hydrogen) atoms. The molecule has 0 saturated heterocycles. The van der Waals surface area contributed by atoms with E-state index >= 15 is 0 Å². The highest BCUT2D eigenvalue weighted by molar-refractivity contribution is 9.10. The zero-order valence-electron chi connectivity index (χ0n) is 12.3. The van der Waals surface area contributed by atoms with E-state index in [-0.39, 0.29) is 14.9 Å². The number of hydrogen-bond acceptors (Lipinski definition) is 4. The van der Waals surface area contributed by atoms with E-state index in [1.54, 1.807) is 24.3 Å². The molecule has 2 aromatic carbocycles. The van der Waals surface area contributed by atoms with Gasteiger partial charge in [-0.3, -0.25) is 0 Å². The Hall–Kier alpha value is -1.52. The van der Waals surface area contributed by atoms with Crippen molar-refractivity contribution in [2.75, 3.05) is 7.11 Å². The fraction of sp³-hybridized carbons (Fsp3) is 0.0625. The van der Waals surface area contributed by atoms with Crippen LogP contribution in [-0.4, -0.2) is 15.5 Å². The highest BCUT2D eigenvalue weighted by Gasteiger charge is 2.24. The van der Waals surface area contributed by atoms with Crippen LogP contribution in [0.4, 0.5) is 0 Å². The third-order valence-electron chi connectivity index (χ3n) is 3.06. The second kappa shape index (κ2) is 7.58. The number of rotatable bonds is 4. The Balaban J connectivity index is 2.66. The van der Waals surface area contributed by atoms with E-state index in [0.29, 0.717) is 15.8 Å². The van der Waals surface area contributed by atoms with Crippen molar-refractivity contribution in [2.24, 2.45) is 0 Å². The minimum atomic E-state index is -4.13. The van der Waals surface area contributed by atoms with Gasteiger partial charge in [0.25, 0.3) is 0 Å². The van der Waals surface area contributed by atoms with Crippen LogP contribution in [0.25, 0.3) is 6.08 Å². The van der Waals surface area contributed by atoms with Gasteiger partial charge in [-0.05, 0) is 42.5 Å². The summed E-state index contributed by atoms with van der Waals surface area (Å²) in [4.78, 5) is -0.693. The molecule has 0 spiro atoms. The lowest BCUT2D eigenvalue weighted by atomic mass is 10.2. The number of benzene rings is 2. The molecule has 4 nitrogen and oxygen atoms in total. The molecule has 0 fully saturated rings. The van der Waals surface area contributed by atoms with E-state index in [1.807, 2.05) is 0 Å². The van der Waals surface area contributed by atoms with Crippen LogP contribution in [0.1, 0.15) is 5.56 Å². The SMILES string of the molecule is COc1ccc(Br)cc1/C=C(\C#N)S(=O)(=O)c1cc(Cl)ccc1Cl. The molecule has 0 bridgehead atoms. The normalized spacial score (nSPS) is 11.9. The van der Waals surface area contributed by atoms with Crippen LogP contribution in [-0.2, 0) is 9.84 Å². The summed E-state index contributed by atoms with van der Waals surface area (Å²) in [6.07, 6.45) is 1.23. The maximum absolute atomic E-state index is 12.7. The van der Waals surface area contributed by atoms with Gasteiger partial charge in [-0.25, -0.2) is 8.42 Å². The zero-order valence-corrected chi connectivity index (χ0v) is 16.2. The monoisotopic (exact) mass is 445 g/mol. The van der Waals surface area contributed by atoms with Crippen LogP contribution < -0.4 is 4.74 Å². The molecular formula is C16H10BrCl2NO3S. The molecule has 8 heteroatoms. The lowest BCUT2D eigenvalue weighted by Crippen LogP contribution is -2.04. The molecular weight excluding hydrogens is 437 g/mol. The average Bonchev–Trinajstić information content (AvgIpc) is 2.54. The van der Waals surface area contributed by atoms with Gasteiger partial charge >= 0.3 is 0 Å². The summed E-state index contributed by atoms with van der Waals surface area (Å²) in [6.45, 7) is 0. The third kappa shape index (κ3) is 3.93. The third-order valence-corrected chi connectivity index (χ3v) is 5.94. The molecule has 0 aliphatic heterocycles. The summed E-state index contributed by atoms with van der Waals surface area (Å²) in [5, 5.41) is 9.54. The smallest absolute Gasteiger partial charge is 0.218 e. The van der Waals surface area contributed by atoms with E-state index in [4.69, 9.17) is 27.9 Å². The van der Waals surface area contributed by atoms with Crippen LogP contribution in [0.2, 0.25) is 10.0 Å². The van der Waals surface area contributed by atoms with E-state index in [1.165, 1.54) is 31.4 Å². The summed E-state index contributed by atoms with van der Waals surface area (Å²) in [5.74, 6) is 0.429. The van der Waals surface area contributed by atoms with E-state index in [9.17, 15) is 13.7 Å². The Morgan fingerprint density at radius 1 is 1.25 bits per heavy atom. The predicted molar refractivity (Wildman–Crippen MR) is 97.9 cm³/mol. The summed E-state index contributed by atoms with van der Waals surface area (Å²) >= 11 is 15.1. The van der Waals surface area contributed by atoms with Crippen molar-refractivity contribution in [1.29, 1.82) is 5.26 Å². The molecule has 0 heterocycles. The molecule has 2 aromatic rings. The number of hydrogen-bond donors (Lipinski definition) is 0. The number of sulfone groups is 1. The highest BCUT2D eigenvalue weighted by atomic mass is 79.9. The first kappa shape index (κ1) is 18.8. The molecule has 0 unspecified atom stereocenters. The van der Waals surface area contributed by atoms with Gasteiger partial charge < -0.3 is 4.74 Å². The van der Waals surface area contributed by atoms with Gasteiger partial charge in [0.15, 0.2) is 0 Å². The molecule has 0 radical (unpaired) electrons. The Morgan fingerprint density at radius 2 is 1.96 bits per heavy atom. The van der Waals surface area contributed by atoms with Crippen LogP contribution in [0.5, 0.6) is 5.75 Å². The first-order valence-electron chi connectivity index (χ1n) is 6.45. The zero-order chi connectivity index (χ0) is 17.9. The maximum Gasteiger partial charge on any atom is 0.218 e. The second-order valence-corrected chi connectivity index (χ2v) is 8.23. The average molecular weight is 447 g/mol. The minimum absolute atomic E-state index is 0.0123. The Kier molecular flexibility index (Phi) is 5.94. The quantitative estimate of drug-likeness (QED) is 0.612. The molecule has 0 saturated carbocycles. The number of nitrogens with zero attached hydrogens (tertiary/aromatic N) is 1. The lowest BCUT2D eigenvalue weighted by molar-refractivity contribution is 0.414.